The van der Waals surface area contributed by atoms with Gasteiger partial charge in [0.1, 0.15) is 5.82 Å². The second kappa shape index (κ2) is 18.5. The first-order valence-electron chi connectivity index (χ1n) is 26.4. The second-order valence-corrected chi connectivity index (χ2v) is 24.6. The fourth-order valence-electron chi connectivity index (χ4n) is 10.9. The Morgan fingerprint density at radius 3 is 1.75 bits per heavy atom. The first kappa shape index (κ1) is 50.8. The number of rotatable bonds is 5. The Balaban J connectivity index is 0.00000616. The van der Waals surface area contributed by atoms with Gasteiger partial charge in [-0.05, 0) is 118 Å². The van der Waals surface area contributed by atoms with Gasteiger partial charge >= 0.3 is 0 Å². The summed E-state index contributed by atoms with van der Waals surface area (Å²) in [6, 6.07) is 67.2. The Bertz CT molecular complexity index is 4050. The molecule has 3 aromatic heterocycles. The van der Waals surface area contributed by atoms with Gasteiger partial charge in [0.05, 0.1) is 16.7 Å². The van der Waals surface area contributed by atoms with Crippen LogP contribution in [0.1, 0.15) is 105 Å². The second-order valence-electron chi connectivity index (χ2n) is 24.6. The van der Waals surface area contributed by atoms with E-state index in [1.807, 2.05) is 24.4 Å². The molecule has 0 spiro atoms. The Morgan fingerprint density at radius 2 is 1.03 bits per heavy atom. The van der Waals surface area contributed by atoms with Gasteiger partial charge in [-0.2, -0.15) is 18.2 Å². The number of para-hydroxylation sites is 3. The third-order valence-electron chi connectivity index (χ3n) is 15.2. The zero-order chi connectivity index (χ0) is 52.3. The maximum absolute atomic E-state index is 6.81. The van der Waals surface area contributed by atoms with E-state index in [-0.39, 0.29) is 42.7 Å². The standard InChI is InChI=1S/C70H64N4O.Pt/c1-67(2,3)45-30-32-55-53-22-13-14-23-54(53)58-27-19-29-62-66(58)73(65-52(25-18-26-59(65)60(55)39-45)44-36-47(69(7,8)9)38-48(37-44)70(10,11)12)43-72(62)49-20-17-21-50(41-49)75-51-31-33-57-56-24-15-16-28-61(56)74(63(57)42-51)64-40-46(34-35-71-64)68(4,5)6;/h13-40H,1-12H3;/q-2;. The van der Waals surface area contributed by atoms with Gasteiger partial charge in [-0.25, -0.2) is 4.98 Å². The number of pyridine rings is 1. The molecule has 382 valence electrons. The number of hydrogen-bond acceptors (Lipinski definition) is 2. The van der Waals surface area contributed by atoms with Crippen LogP contribution in [0.2, 0.25) is 0 Å². The number of aromatic nitrogens is 4. The van der Waals surface area contributed by atoms with E-state index in [1.54, 1.807) is 0 Å². The molecule has 5 nitrogen and oxygen atoms in total. The quantitative estimate of drug-likeness (QED) is 0.127. The molecule has 0 saturated heterocycles. The smallest absolute Gasteiger partial charge is 0.268 e. The van der Waals surface area contributed by atoms with E-state index in [0.717, 1.165) is 72.3 Å². The van der Waals surface area contributed by atoms with Crippen molar-refractivity contribution >= 4 is 32.8 Å². The summed E-state index contributed by atoms with van der Waals surface area (Å²) in [6.07, 6.45) is 5.91. The molecule has 8 aromatic carbocycles. The van der Waals surface area contributed by atoms with Crippen LogP contribution >= 0.6 is 0 Å². The summed E-state index contributed by atoms with van der Waals surface area (Å²) in [7, 11) is 0. The van der Waals surface area contributed by atoms with Crippen molar-refractivity contribution in [2.45, 2.75) is 105 Å². The van der Waals surface area contributed by atoms with E-state index in [0.29, 0.717) is 11.5 Å². The van der Waals surface area contributed by atoms with E-state index < -0.39 is 0 Å². The summed E-state index contributed by atoms with van der Waals surface area (Å²) in [4.78, 5) is 4.90. The molecule has 0 amide bonds. The van der Waals surface area contributed by atoms with Crippen LogP contribution in [0.15, 0.2) is 170 Å². The first-order chi connectivity index (χ1) is 35.7. The van der Waals surface area contributed by atoms with Gasteiger partial charge in [0.15, 0.2) is 0 Å². The van der Waals surface area contributed by atoms with Crippen LogP contribution < -0.4 is 9.30 Å². The number of ether oxygens (including phenoxy) is 1. The molecule has 0 N–H and O–H groups in total. The maximum atomic E-state index is 6.81. The van der Waals surface area contributed by atoms with Crippen LogP contribution in [0.3, 0.4) is 0 Å². The summed E-state index contributed by atoms with van der Waals surface area (Å²) in [5, 5.41) is 2.22. The number of nitrogens with zero attached hydrogens (tertiary/aromatic N) is 4. The maximum Gasteiger partial charge on any atom is 0.268 e. The normalized spacial score (nSPS) is 12.6. The monoisotopic (exact) mass is 1170 g/mol. The summed E-state index contributed by atoms with van der Waals surface area (Å²) in [6.45, 7) is 27.5. The van der Waals surface area contributed by atoms with Gasteiger partial charge in [0, 0.05) is 44.3 Å². The summed E-state index contributed by atoms with van der Waals surface area (Å²) >= 11 is 0. The van der Waals surface area contributed by atoms with Crippen molar-refractivity contribution < 1.29 is 30.4 Å². The number of fused-ring (bicyclic) bond motifs is 10. The average Bonchev–Trinajstić information content (AvgIpc) is 4.00. The topological polar surface area (TPSA) is 35.9 Å². The molecule has 4 heterocycles. The largest absolute Gasteiger partial charge is 0.510 e. The van der Waals surface area contributed by atoms with Gasteiger partial charge in [0.25, 0.3) is 6.33 Å². The minimum Gasteiger partial charge on any atom is -0.510 e. The molecule has 0 bridgehead atoms. The van der Waals surface area contributed by atoms with Crippen molar-refractivity contribution in [2.75, 3.05) is 0 Å². The van der Waals surface area contributed by atoms with Crippen LogP contribution in [-0.4, -0.2) is 14.1 Å². The molecule has 0 saturated carbocycles. The van der Waals surface area contributed by atoms with Crippen LogP contribution in [-0.2, 0) is 42.7 Å². The molecule has 0 atom stereocenters. The van der Waals surface area contributed by atoms with Crippen LogP contribution in [0.4, 0.5) is 0 Å². The Kier molecular flexibility index (Phi) is 12.3. The molecule has 0 aliphatic carbocycles. The van der Waals surface area contributed by atoms with Gasteiger partial charge in [-0.3, -0.25) is 4.57 Å². The zero-order valence-electron chi connectivity index (χ0n) is 45.7. The van der Waals surface area contributed by atoms with Gasteiger partial charge in [-0.1, -0.05) is 204 Å². The Labute approximate surface area is 463 Å². The summed E-state index contributed by atoms with van der Waals surface area (Å²) in [5.74, 6) is 2.00. The predicted octanol–water partition coefficient (Wildman–Crippen LogP) is 17.8. The molecule has 1 aliphatic rings. The Morgan fingerprint density at radius 1 is 0.447 bits per heavy atom. The fraction of sp³-hybridized carbons (Fsp3) is 0.229. The van der Waals surface area contributed by atoms with Crippen LogP contribution in [0, 0.1) is 18.5 Å². The zero-order valence-corrected chi connectivity index (χ0v) is 48.0. The molecule has 0 unspecified atom stereocenters. The van der Waals surface area contributed by atoms with Crippen LogP contribution in [0.25, 0.3) is 94.5 Å². The van der Waals surface area contributed by atoms with Gasteiger partial charge in [0.2, 0.25) is 0 Å². The number of imidazole rings is 1. The van der Waals surface area contributed by atoms with Gasteiger partial charge < -0.3 is 13.9 Å². The molecular formula is C70H64N4OPt-2. The number of hydrogen-bond donors (Lipinski definition) is 0. The van der Waals surface area contributed by atoms with Crippen molar-refractivity contribution in [3.63, 3.8) is 0 Å². The molecule has 12 rings (SSSR count). The van der Waals surface area contributed by atoms with Crippen molar-refractivity contribution in [3.05, 3.63) is 211 Å². The third-order valence-corrected chi connectivity index (χ3v) is 15.2. The minimum atomic E-state index is -0.0770. The SMILES string of the molecule is CC(C)(C)c1cc(-c2cccc3c2-[n+]2[c-]n(-c4[c-]c(Oc5[c-]c6c(cc5)c5ccccc5n6-c5cc(C(C)(C)C)ccn5)ccc4)c4cccc(c42)-c2ccccc2-c2ccc(C(C)(C)C)cc2-3)cc(C(C)(C)C)c1.[Pt]. The average molecular weight is 1170 g/mol. The van der Waals surface area contributed by atoms with Crippen molar-refractivity contribution in [1.29, 1.82) is 0 Å². The van der Waals surface area contributed by atoms with Crippen molar-refractivity contribution in [1.82, 2.24) is 14.1 Å². The molecule has 0 radical (unpaired) electrons. The molecule has 6 heteroatoms. The van der Waals surface area contributed by atoms with E-state index in [2.05, 4.69) is 261 Å². The summed E-state index contributed by atoms with van der Waals surface area (Å²) in [5.41, 5.74) is 20.1. The van der Waals surface area contributed by atoms with E-state index in [9.17, 15) is 0 Å². The number of benzene rings is 8. The molecular weight excluding hydrogens is 1110 g/mol. The summed E-state index contributed by atoms with van der Waals surface area (Å²) < 4.78 is 13.5. The van der Waals surface area contributed by atoms with Crippen molar-refractivity contribution in [2.24, 2.45) is 0 Å². The van der Waals surface area contributed by atoms with Gasteiger partial charge in [-0.15, -0.1) is 29.7 Å². The molecule has 76 heavy (non-hydrogen) atoms. The van der Waals surface area contributed by atoms with Crippen molar-refractivity contribution in [3.8, 4) is 73.2 Å². The fourth-order valence-corrected chi connectivity index (χ4v) is 10.9. The predicted molar refractivity (Wildman–Crippen MR) is 310 cm³/mol. The molecule has 0 fully saturated rings. The Hall–Kier alpha value is -7.33. The molecule has 1 aliphatic heterocycles. The third kappa shape index (κ3) is 8.81. The molecule has 11 aromatic rings. The van der Waals surface area contributed by atoms with Crippen LogP contribution in [0.5, 0.6) is 11.5 Å². The first-order valence-corrected chi connectivity index (χ1v) is 26.4. The minimum absolute atomic E-state index is 0. The van der Waals surface area contributed by atoms with E-state index in [4.69, 9.17) is 9.72 Å². The van der Waals surface area contributed by atoms with E-state index >= 15 is 0 Å². The van der Waals surface area contributed by atoms with E-state index in [1.165, 1.54) is 44.5 Å².